The van der Waals surface area contributed by atoms with Crippen molar-refractivity contribution in [1.82, 2.24) is 0 Å². The van der Waals surface area contributed by atoms with Gasteiger partial charge in [0.2, 0.25) is 0 Å². The molecule has 0 unspecified atom stereocenters. The maximum atomic E-state index is 13.5. The number of rotatable bonds is 4. The number of thiophene rings is 1. The molecule has 1 aromatic heterocycles. The predicted molar refractivity (Wildman–Crippen MR) is 77.1 cm³/mol. The van der Waals surface area contributed by atoms with Gasteiger partial charge >= 0.3 is 5.97 Å². The van der Waals surface area contributed by atoms with E-state index in [2.05, 4.69) is 21.2 Å². The van der Waals surface area contributed by atoms with Crippen molar-refractivity contribution in [2.45, 2.75) is 6.54 Å². The fourth-order valence-electron chi connectivity index (χ4n) is 1.53. The first-order chi connectivity index (χ1) is 8.99. The second-order valence-electron chi connectivity index (χ2n) is 3.77. The van der Waals surface area contributed by atoms with Crippen LogP contribution in [0.15, 0.2) is 28.1 Å². The minimum absolute atomic E-state index is 0.200. The average molecular weight is 345 g/mol. The Balaban J connectivity index is 2.20. The van der Waals surface area contributed by atoms with Crippen LogP contribution in [0.3, 0.4) is 0 Å². The summed E-state index contributed by atoms with van der Waals surface area (Å²) in [4.78, 5) is 11.8. The quantitative estimate of drug-likeness (QED) is 0.741. The number of carbonyl (C=O) groups is 1. The zero-order chi connectivity index (χ0) is 14.0. The van der Waals surface area contributed by atoms with E-state index >= 15 is 0 Å². The van der Waals surface area contributed by atoms with Crippen molar-refractivity contribution in [2.75, 3.05) is 11.1 Å². The summed E-state index contributed by atoms with van der Waals surface area (Å²) in [5.41, 5.74) is 5.85. The number of halogens is 2. The first kappa shape index (κ1) is 13.8. The first-order valence-corrected chi connectivity index (χ1v) is 6.94. The zero-order valence-electron chi connectivity index (χ0n) is 9.61. The number of nitrogens with two attached hydrogens (primary N) is 1. The van der Waals surface area contributed by atoms with E-state index in [0.717, 1.165) is 21.5 Å². The van der Waals surface area contributed by atoms with Crippen molar-refractivity contribution < 1.29 is 14.3 Å². The summed E-state index contributed by atoms with van der Waals surface area (Å²) in [7, 11) is 0. The molecule has 19 heavy (non-hydrogen) atoms. The fourth-order valence-corrected chi connectivity index (χ4v) is 2.97. The molecule has 0 spiro atoms. The summed E-state index contributed by atoms with van der Waals surface area (Å²) in [6, 6.07) is 4.13. The molecule has 0 radical (unpaired) electrons. The Morgan fingerprint density at radius 1 is 1.53 bits per heavy atom. The molecule has 2 aromatic rings. The van der Waals surface area contributed by atoms with E-state index in [0.29, 0.717) is 12.2 Å². The van der Waals surface area contributed by atoms with Crippen LogP contribution >= 0.6 is 27.3 Å². The van der Waals surface area contributed by atoms with Gasteiger partial charge in [-0.25, -0.2) is 9.18 Å². The standard InChI is InChI=1S/C12H10BrFN2O2S/c13-7-1-2-19-11(7)5-16-10-4-8(14)6(12(17)18)3-9(10)15/h1-4,16H,5,15H2,(H,17,18). The van der Waals surface area contributed by atoms with E-state index in [9.17, 15) is 9.18 Å². The van der Waals surface area contributed by atoms with Gasteiger partial charge in [0, 0.05) is 9.35 Å². The minimum Gasteiger partial charge on any atom is -0.478 e. The minimum atomic E-state index is -1.34. The smallest absolute Gasteiger partial charge is 0.338 e. The number of nitrogens with one attached hydrogen (secondary N) is 1. The van der Waals surface area contributed by atoms with Gasteiger partial charge in [0.15, 0.2) is 0 Å². The van der Waals surface area contributed by atoms with E-state index in [4.69, 9.17) is 10.8 Å². The maximum Gasteiger partial charge on any atom is 0.338 e. The van der Waals surface area contributed by atoms with Crippen LogP contribution in [0.4, 0.5) is 15.8 Å². The first-order valence-electron chi connectivity index (χ1n) is 5.27. The summed E-state index contributed by atoms with van der Waals surface area (Å²) in [5, 5.41) is 13.7. The molecule has 0 amide bonds. The number of aromatic carboxylic acids is 1. The van der Waals surface area contributed by atoms with Gasteiger partial charge in [-0.05, 0) is 39.5 Å². The topological polar surface area (TPSA) is 75.4 Å². The highest BCUT2D eigenvalue weighted by Crippen LogP contribution is 2.27. The summed E-state index contributed by atoms with van der Waals surface area (Å²) in [5.74, 6) is -2.15. The van der Waals surface area contributed by atoms with Crippen LogP contribution in [-0.4, -0.2) is 11.1 Å². The van der Waals surface area contributed by atoms with Crippen LogP contribution < -0.4 is 11.1 Å². The van der Waals surface area contributed by atoms with Crippen molar-refractivity contribution >= 4 is 44.6 Å². The summed E-state index contributed by atoms with van der Waals surface area (Å²) in [6.07, 6.45) is 0. The van der Waals surface area contributed by atoms with Gasteiger partial charge in [-0.2, -0.15) is 0 Å². The van der Waals surface area contributed by atoms with Crippen molar-refractivity contribution in [2.24, 2.45) is 0 Å². The normalized spacial score (nSPS) is 10.4. The molecule has 0 saturated carbocycles. The van der Waals surface area contributed by atoms with Gasteiger partial charge in [-0.15, -0.1) is 11.3 Å². The Kier molecular flexibility index (Phi) is 4.06. The fraction of sp³-hybridized carbons (Fsp3) is 0.0833. The van der Waals surface area contributed by atoms with Gasteiger partial charge in [-0.3, -0.25) is 0 Å². The number of nitrogen functional groups attached to an aromatic ring is 1. The third-order valence-corrected chi connectivity index (χ3v) is 4.43. The zero-order valence-corrected chi connectivity index (χ0v) is 12.0. The highest BCUT2D eigenvalue weighted by Gasteiger charge is 2.13. The Morgan fingerprint density at radius 3 is 2.84 bits per heavy atom. The summed E-state index contributed by atoms with van der Waals surface area (Å²) >= 11 is 4.94. The Labute approximate surface area is 121 Å². The van der Waals surface area contributed by atoms with Crippen molar-refractivity contribution in [3.05, 3.63) is 44.3 Å². The molecule has 0 fully saturated rings. The number of carboxylic acid groups (broad SMARTS) is 1. The van der Waals surface area contributed by atoms with Crippen LogP contribution in [-0.2, 0) is 6.54 Å². The lowest BCUT2D eigenvalue weighted by Crippen LogP contribution is -2.07. The van der Waals surface area contributed by atoms with Gasteiger partial charge in [-0.1, -0.05) is 0 Å². The molecular weight excluding hydrogens is 335 g/mol. The molecule has 100 valence electrons. The molecule has 0 bridgehead atoms. The molecule has 7 heteroatoms. The lowest BCUT2D eigenvalue weighted by Gasteiger charge is -2.10. The molecule has 0 aliphatic heterocycles. The third kappa shape index (κ3) is 3.05. The Bertz CT molecular complexity index is 630. The second-order valence-corrected chi connectivity index (χ2v) is 5.62. The lowest BCUT2D eigenvalue weighted by molar-refractivity contribution is 0.0692. The lowest BCUT2D eigenvalue weighted by atomic mass is 10.1. The molecule has 0 atom stereocenters. The second kappa shape index (κ2) is 5.58. The molecule has 4 nitrogen and oxygen atoms in total. The van der Waals surface area contributed by atoms with E-state index in [-0.39, 0.29) is 5.69 Å². The van der Waals surface area contributed by atoms with E-state index in [1.807, 2.05) is 11.4 Å². The highest BCUT2D eigenvalue weighted by atomic mass is 79.9. The average Bonchev–Trinajstić information content (AvgIpc) is 2.75. The largest absolute Gasteiger partial charge is 0.478 e. The van der Waals surface area contributed by atoms with Gasteiger partial charge in [0.05, 0.1) is 23.5 Å². The molecule has 4 N–H and O–H groups in total. The highest BCUT2D eigenvalue weighted by molar-refractivity contribution is 9.10. The van der Waals surface area contributed by atoms with E-state index < -0.39 is 17.3 Å². The predicted octanol–water partition coefficient (Wildman–Crippen LogP) is 3.54. The number of benzene rings is 1. The van der Waals surface area contributed by atoms with Crippen LogP contribution in [0.1, 0.15) is 15.2 Å². The van der Waals surface area contributed by atoms with Crippen molar-refractivity contribution in [3.63, 3.8) is 0 Å². The molecule has 2 rings (SSSR count). The number of carboxylic acids is 1. The maximum absolute atomic E-state index is 13.5. The van der Waals surface area contributed by atoms with Gasteiger partial charge < -0.3 is 16.2 Å². The van der Waals surface area contributed by atoms with Gasteiger partial charge in [0.25, 0.3) is 0 Å². The summed E-state index contributed by atoms with van der Waals surface area (Å²) < 4.78 is 14.5. The molecule has 0 aliphatic rings. The molecular formula is C12H10BrFN2O2S. The van der Waals surface area contributed by atoms with Crippen LogP contribution in [0.25, 0.3) is 0 Å². The van der Waals surface area contributed by atoms with Crippen LogP contribution in [0.2, 0.25) is 0 Å². The van der Waals surface area contributed by atoms with Gasteiger partial charge in [0.1, 0.15) is 5.82 Å². The molecule has 0 saturated heterocycles. The Hall–Kier alpha value is -1.60. The van der Waals surface area contributed by atoms with E-state index in [1.54, 1.807) is 11.3 Å². The molecule has 0 aliphatic carbocycles. The van der Waals surface area contributed by atoms with Crippen LogP contribution in [0, 0.1) is 5.82 Å². The van der Waals surface area contributed by atoms with E-state index in [1.165, 1.54) is 0 Å². The Morgan fingerprint density at radius 2 is 2.26 bits per heavy atom. The number of anilines is 2. The van der Waals surface area contributed by atoms with Crippen molar-refractivity contribution in [1.29, 1.82) is 0 Å². The van der Waals surface area contributed by atoms with Crippen LogP contribution in [0.5, 0.6) is 0 Å². The SMILES string of the molecule is Nc1cc(C(=O)O)c(F)cc1NCc1sccc1Br. The molecule has 1 aromatic carbocycles. The third-order valence-electron chi connectivity index (χ3n) is 2.50. The monoisotopic (exact) mass is 344 g/mol. The van der Waals surface area contributed by atoms with Crippen molar-refractivity contribution in [3.8, 4) is 0 Å². The molecule has 1 heterocycles. The number of hydrogen-bond acceptors (Lipinski definition) is 4. The number of hydrogen-bond donors (Lipinski definition) is 3. The summed E-state index contributed by atoms with van der Waals surface area (Å²) in [6.45, 7) is 0.480.